The summed E-state index contributed by atoms with van der Waals surface area (Å²) in [5.41, 5.74) is 0.652. The number of hydrogen-bond donors (Lipinski definition) is 1. The number of hydrogen-bond acceptors (Lipinski definition) is 2. The summed E-state index contributed by atoms with van der Waals surface area (Å²) in [4.78, 5) is 14.1. The second kappa shape index (κ2) is 6.66. The lowest BCUT2D eigenvalue weighted by Gasteiger charge is -2.29. The molecule has 0 aliphatic carbocycles. The van der Waals surface area contributed by atoms with E-state index in [0.717, 1.165) is 25.6 Å². The number of carbonyl (C=O) groups excluding carboxylic acids is 1. The molecule has 0 atom stereocenters. The van der Waals surface area contributed by atoms with E-state index in [-0.39, 0.29) is 11.7 Å². The number of rotatable bonds is 4. The van der Waals surface area contributed by atoms with Crippen LogP contribution in [0.1, 0.15) is 26.2 Å². The van der Waals surface area contributed by atoms with Crippen LogP contribution in [0, 0.1) is 11.7 Å². The minimum atomic E-state index is -0.291. The average Bonchev–Trinajstić information content (AvgIpc) is 2.41. The molecule has 104 valence electrons. The summed E-state index contributed by atoms with van der Waals surface area (Å²) in [7, 11) is 0. The van der Waals surface area contributed by atoms with Crippen molar-refractivity contribution in [1.29, 1.82) is 0 Å². The Balaban J connectivity index is 1.71. The Labute approximate surface area is 113 Å². The van der Waals surface area contributed by atoms with Gasteiger partial charge in [0.15, 0.2) is 0 Å². The maximum atomic E-state index is 12.7. The fourth-order valence-electron chi connectivity index (χ4n) is 2.30. The van der Waals surface area contributed by atoms with Gasteiger partial charge in [0.25, 0.3) is 0 Å². The zero-order valence-electron chi connectivity index (χ0n) is 11.4. The molecule has 1 aliphatic rings. The van der Waals surface area contributed by atoms with Crippen LogP contribution in [0.2, 0.25) is 0 Å². The molecule has 0 aromatic heterocycles. The molecule has 1 heterocycles. The molecule has 2 rings (SSSR count). The maximum Gasteiger partial charge on any atom is 0.225 e. The van der Waals surface area contributed by atoms with Crippen molar-refractivity contribution in [3.05, 3.63) is 30.1 Å². The van der Waals surface area contributed by atoms with Gasteiger partial charge >= 0.3 is 0 Å². The summed E-state index contributed by atoms with van der Waals surface area (Å²) < 4.78 is 12.7. The van der Waals surface area contributed by atoms with Crippen molar-refractivity contribution < 1.29 is 9.18 Å². The van der Waals surface area contributed by atoms with E-state index in [1.165, 1.54) is 25.0 Å². The SMILES string of the molecule is CC1CCN(CCC(=O)Nc2ccc(F)cc2)CC1. The van der Waals surface area contributed by atoms with Crippen molar-refractivity contribution in [2.45, 2.75) is 26.2 Å². The normalized spacial score (nSPS) is 17.4. The molecule has 1 aromatic carbocycles. The molecule has 3 nitrogen and oxygen atoms in total. The highest BCUT2D eigenvalue weighted by atomic mass is 19.1. The molecule has 0 radical (unpaired) electrons. The van der Waals surface area contributed by atoms with Gasteiger partial charge in [-0.2, -0.15) is 0 Å². The molecular weight excluding hydrogens is 243 g/mol. The number of nitrogens with one attached hydrogen (secondary N) is 1. The number of amides is 1. The Bertz CT molecular complexity index is 411. The first kappa shape index (κ1) is 14.0. The predicted octanol–water partition coefficient (Wildman–Crippen LogP) is 2.89. The minimum absolute atomic E-state index is 0.00905. The topological polar surface area (TPSA) is 32.3 Å². The molecule has 1 fully saturated rings. The van der Waals surface area contributed by atoms with Crippen LogP contribution in [0.25, 0.3) is 0 Å². The van der Waals surface area contributed by atoms with Crippen molar-refractivity contribution in [3.8, 4) is 0 Å². The third-order valence-corrected chi connectivity index (χ3v) is 3.66. The highest BCUT2D eigenvalue weighted by molar-refractivity contribution is 5.90. The number of anilines is 1. The van der Waals surface area contributed by atoms with Gasteiger partial charge < -0.3 is 10.2 Å². The Morgan fingerprint density at radius 2 is 1.95 bits per heavy atom. The van der Waals surface area contributed by atoms with Gasteiger partial charge in [-0.15, -0.1) is 0 Å². The third-order valence-electron chi connectivity index (χ3n) is 3.66. The summed E-state index contributed by atoms with van der Waals surface area (Å²) in [5, 5.41) is 2.79. The predicted molar refractivity (Wildman–Crippen MR) is 74.5 cm³/mol. The van der Waals surface area contributed by atoms with E-state index in [9.17, 15) is 9.18 Å². The Hall–Kier alpha value is -1.42. The number of benzene rings is 1. The molecule has 0 spiro atoms. The molecule has 1 saturated heterocycles. The van der Waals surface area contributed by atoms with Crippen LogP contribution in [0.15, 0.2) is 24.3 Å². The van der Waals surface area contributed by atoms with Gasteiger partial charge in [0.2, 0.25) is 5.91 Å². The Kier molecular flexibility index (Phi) is 4.91. The highest BCUT2D eigenvalue weighted by Gasteiger charge is 2.16. The molecule has 4 heteroatoms. The zero-order chi connectivity index (χ0) is 13.7. The quantitative estimate of drug-likeness (QED) is 0.907. The number of likely N-dealkylation sites (tertiary alicyclic amines) is 1. The summed E-state index contributed by atoms with van der Waals surface area (Å²) >= 11 is 0. The van der Waals surface area contributed by atoms with Gasteiger partial charge in [-0.3, -0.25) is 4.79 Å². The first-order valence-electron chi connectivity index (χ1n) is 6.91. The van der Waals surface area contributed by atoms with Crippen LogP contribution >= 0.6 is 0 Å². The lowest BCUT2D eigenvalue weighted by Crippen LogP contribution is -2.35. The molecule has 1 aliphatic heterocycles. The highest BCUT2D eigenvalue weighted by Crippen LogP contribution is 2.16. The van der Waals surface area contributed by atoms with E-state index >= 15 is 0 Å². The van der Waals surface area contributed by atoms with Gasteiger partial charge in [0, 0.05) is 18.7 Å². The molecule has 1 aromatic rings. The van der Waals surface area contributed by atoms with Gasteiger partial charge in [0.05, 0.1) is 0 Å². The first-order valence-corrected chi connectivity index (χ1v) is 6.91. The van der Waals surface area contributed by atoms with E-state index in [0.29, 0.717) is 12.1 Å². The molecule has 0 saturated carbocycles. The summed E-state index contributed by atoms with van der Waals surface area (Å²) in [5.74, 6) is 0.509. The summed E-state index contributed by atoms with van der Waals surface area (Å²) in [6.45, 7) is 5.26. The number of nitrogens with zero attached hydrogens (tertiary/aromatic N) is 1. The standard InChI is InChI=1S/C15H21FN2O/c1-12-6-9-18(10-7-12)11-8-15(19)17-14-4-2-13(16)3-5-14/h2-5,12H,6-11H2,1H3,(H,17,19). The maximum absolute atomic E-state index is 12.7. The largest absolute Gasteiger partial charge is 0.326 e. The lowest BCUT2D eigenvalue weighted by molar-refractivity contribution is -0.116. The third kappa shape index (κ3) is 4.63. The molecule has 0 bridgehead atoms. The fraction of sp³-hybridized carbons (Fsp3) is 0.533. The fourth-order valence-corrected chi connectivity index (χ4v) is 2.30. The number of carbonyl (C=O) groups is 1. The van der Waals surface area contributed by atoms with Gasteiger partial charge in [0.1, 0.15) is 5.82 Å². The van der Waals surface area contributed by atoms with Crippen LogP contribution < -0.4 is 5.32 Å². The van der Waals surface area contributed by atoms with Crippen LogP contribution in [0.4, 0.5) is 10.1 Å². The molecule has 0 unspecified atom stereocenters. The van der Waals surface area contributed by atoms with Crippen molar-refractivity contribution in [2.24, 2.45) is 5.92 Å². The van der Waals surface area contributed by atoms with E-state index in [1.807, 2.05) is 0 Å². The molecule has 19 heavy (non-hydrogen) atoms. The summed E-state index contributed by atoms with van der Waals surface area (Å²) in [6, 6.07) is 5.86. The molecule has 1 amide bonds. The van der Waals surface area contributed by atoms with Gasteiger partial charge in [-0.05, 0) is 56.1 Å². The van der Waals surface area contributed by atoms with Crippen LogP contribution in [-0.4, -0.2) is 30.4 Å². The zero-order valence-corrected chi connectivity index (χ0v) is 11.4. The van der Waals surface area contributed by atoms with Crippen LogP contribution in [0.3, 0.4) is 0 Å². The van der Waals surface area contributed by atoms with Crippen LogP contribution in [-0.2, 0) is 4.79 Å². The van der Waals surface area contributed by atoms with E-state index in [1.54, 1.807) is 12.1 Å². The van der Waals surface area contributed by atoms with E-state index in [4.69, 9.17) is 0 Å². The van der Waals surface area contributed by atoms with E-state index < -0.39 is 0 Å². The van der Waals surface area contributed by atoms with Crippen molar-refractivity contribution >= 4 is 11.6 Å². The summed E-state index contributed by atoms with van der Waals surface area (Å²) in [6.07, 6.45) is 2.94. The second-order valence-electron chi connectivity index (χ2n) is 5.33. The smallest absolute Gasteiger partial charge is 0.225 e. The second-order valence-corrected chi connectivity index (χ2v) is 5.33. The number of piperidine rings is 1. The molecular formula is C15H21FN2O. The molecule has 1 N–H and O–H groups in total. The number of halogens is 1. The first-order chi connectivity index (χ1) is 9.13. The lowest BCUT2D eigenvalue weighted by atomic mass is 9.99. The average molecular weight is 264 g/mol. The Morgan fingerprint density at radius 3 is 2.58 bits per heavy atom. The van der Waals surface area contributed by atoms with Crippen molar-refractivity contribution in [1.82, 2.24) is 4.90 Å². The van der Waals surface area contributed by atoms with Crippen LogP contribution in [0.5, 0.6) is 0 Å². The van der Waals surface area contributed by atoms with E-state index in [2.05, 4.69) is 17.1 Å². The van der Waals surface area contributed by atoms with Gasteiger partial charge in [-0.1, -0.05) is 6.92 Å². The van der Waals surface area contributed by atoms with Crippen molar-refractivity contribution in [2.75, 3.05) is 25.0 Å². The van der Waals surface area contributed by atoms with Gasteiger partial charge in [-0.25, -0.2) is 4.39 Å². The minimum Gasteiger partial charge on any atom is -0.326 e. The Morgan fingerprint density at radius 1 is 1.32 bits per heavy atom. The monoisotopic (exact) mass is 264 g/mol. The van der Waals surface area contributed by atoms with Crippen molar-refractivity contribution in [3.63, 3.8) is 0 Å².